The van der Waals surface area contributed by atoms with Gasteiger partial charge in [0.25, 0.3) is 11.7 Å². The smallest absolute Gasteiger partial charge is 0.297 e. The predicted molar refractivity (Wildman–Crippen MR) is 101 cm³/mol. The Kier molecular flexibility index (Phi) is 4.58. The van der Waals surface area contributed by atoms with E-state index in [2.05, 4.69) is 5.32 Å². The second kappa shape index (κ2) is 7.33. The molecule has 0 unspecified atom stereocenters. The second-order valence-corrected chi connectivity index (χ2v) is 6.18. The van der Waals surface area contributed by atoms with Crippen molar-refractivity contribution in [3.63, 3.8) is 0 Å². The van der Waals surface area contributed by atoms with Crippen molar-refractivity contribution in [3.8, 4) is 11.5 Å². The van der Waals surface area contributed by atoms with E-state index < -0.39 is 11.7 Å². The van der Waals surface area contributed by atoms with Crippen LogP contribution in [0, 0.1) is 0 Å². The number of nitrogens with one attached hydrogen (secondary N) is 1. The molecule has 27 heavy (non-hydrogen) atoms. The molecule has 0 aliphatic carbocycles. The standard InChI is InChI=1S/C22H17NO4/c24-21-20-18(23-22(21)25)11-17(26-13-15-7-3-1-4-8-15)12-19(20)27-14-16-9-5-2-6-10-16/h1-12H,13-14H2,(H,23,24,25). The van der Waals surface area contributed by atoms with Crippen LogP contribution in [0.5, 0.6) is 11.5 Å². The first-order valence-electron chi connectivity index (χ1n) is 8.58. The first kappa shape index (κ1) is 16.8. The molecule has 1 aliphatic heterocycles. The number of hydrogen-bond acceptors (Lipinski definition) is 4. The largest absolute Gasteiger partial charge is 0.489 e. The molecule has 134 valence electrons. The Labute approximate surface area is 156 Å². The van der Waals surface area contributed by atoms with Gasteiger partial charge in [0.15, 0.2) is 0 Å². The Morgan fingerprint density at radius 1 is 0.741 bits per heavy atom. The molecule has 3 aromatic carbocycles. The van der Waals surface area contributed by atoms with Crippen molar-refractivity contribution in [3.05, 3.63) is 89.5 Å². The molecule has 0 bridgehead atoms. The number of ketones is 1. The summed E-state index contributed by atoms with van der Waals surface area (Å²) < 4.78 is 11.7. The lowest BCUT2D eigenvalue weighted by atomic mass is 10.1. The summed E-state index contributed by atoms with van der Waals surface area (Å²) in [5.41, 5.74) is 2.65. The average Bonchev–Trinajstić information content (AvgIpc) is 3.00. The first-order chi connectivity index (χ1) is 13.2. The summed E-state index contributed by atoms with van der Waals surface area (Å²) in [6, 6.07) is 22.7. The van der Waals surface area contributed by atoms with E-state index >= 15 is 0 Å². The summed E-state index contributed by atoms with van der Waals surface area (Å²) in [7, 11) is 0. The van der Waals surface area contributed by atoms with Gasteiger partial charge in [-0.1, -0.05) is 60.7 Å². The Balaban J connectivity index is 1.59. The lowest BCUT2D eigenvalue weighted by Gasteiger charge is -2.13. The molecule has 0 aromatic heterocycles. The number of hydrogen-bond donors (Lipinski definition) is 1. The van der Waals surface area contributed by atoms with Gasteiger partial charge in [0, 0.05) is 12.1 Å². The number of benzene rings is 3. The van der Waals surface area contributed by atoms with Gasteiger partial charge in [-0.3, -0.25) is 9.59 Å². The topological polar surface area (TPSA) is 64.6 Å². The van der Waals surface area contributed by atoms with Crippen LogP contribution in [0.4, 0.5) is 5.69 Å². The zero-order valence-electron chi connectivity index (χ0n) is 14.5. The van der Waals surface area contributed by atoms with E-state index in [0.717, 1.165) is 11.1 Å². The van der Waals surface area contributed by atoms with Crippen molar-refractivity contribution in [2.75, 3.05) is 5.32 Å². The zero-order chi connectivity index (χ0) is 18.6. The van der Waals surface area contributed by atoms with Crippen molar-refractivity contribution in [1.29, 1.82) is 0 Å². The minimum atomic E-state index is -0.658. The summed E-state index contributed by atoms with van der Waals surface area (Å²) in [4.78, 5) is 24.0. The molecule has 1 aliphatic rings. The van der Waals surface area contributed by atoms with Crippen molar-refractivity contribution in [2.45, 2.75) is 13.2 Å². The molecule has 0 atom stereocenters. The molecular formula is C22H17NO4. The molecule has 5 heteroatoms. The normalized spacial score (nSPS) is 12.4. The quantitative estimate of drug-likeness (QED) is 0.676. The van der Waals surface area contributed by atoms with Crippen LogP contribution in [0.25, 0.3) is 0 Å². The second-order valence-electron chi connectivity index (χ2n) is 6.18. The maximum Gasteiger partial charge on any atom is 0.297 e. The van der Waals surface area contributed by atoms with Crippen LogP contribution in [-0.2, 0) is 18.0 Å². The fraction of sp³-hybridized carbons (Fsp3) is 0.0909. The third-order valence-corrected chi connectivity index (χ3v) is 4.24. The predicted octanol–water partition coefficient (Wildman–Crippen LogP) is 3.98. The molecule has 0 fully saturated rings. The minimum absolute atomic E-state index is 0.253. The van der Waals surface area contributed by atoms with Gasteiger partial charge in [-0.25, -0.2) is 0 Å². The van der Waals surface area contributed by atoms with Crippen LogP contribution in [0.3, 0.4) is 0 Å². The molecular weight excluding hydrogens is 342 g/mol. The van der Waals surface area contributed by atoms with Crippen molar-refractivity contribution < 1.29 is 19.1 Å². The highest BCUT2D eigenvalue weighted by Crippen LogP contribution is 2.37. The van der Waals surface area contributed by atoms with Crippen LogP contribution >= 0.6 is 0 Å². The Morgan fingerprint density at radius 3 is 1.96 bits per heavy atom. The number of amides is 1. The molecule has 1 N–H and O–H groups in total. The summed E-state index contributed by atoms with van der Waals surface area (Å²) in [5, 5.41) is 2.58. The van der Waals surface area contributed by atoms with Crippen LogP contribution in [0.2, 0.25) is 0 Å². The monoisotopic (exact) mass is 359 g/mol. The molecule has 1 amide bonds. The molecule has 0 radical (unpaired) electrons. The van der Waals surface area contributed by atoms with Crippen LogP contribution in [0.1, 0.15) is 21.5 Å². The van der Waals surface area contributed by atoms with E-state index in [1.165, 1.54) is 0 Å². The minimum Gasteiger partial charge on any atom is -0.489 e. The van der Waals surface area contributed by atoms with Gasteiger partial charge < -0.3 is 14.8 Å². The third-order valence-electron chi connectivity index (χ3n) is 4.24. The number of fused-ring (bicyclic) bond motifs is 1. The van der Waals surface area contributed by atoms with E-state index in [-0.39, 0.29) is 12.2 Å². The van der Waals surface area contributed by atoms with E-state index in [0.29, 0.717) is 23.8 Å². The molecule has 0 saturated carbocycles. The number of Topliss-reactive ketones (excluding diaryl/α,β-unsaturated/α-hetero) is 1. The Bertz CT molecular complexity index is 984. The van der Waals surface area contributed by atoms with Crippen LogP contribution < -0.4 is 14.8 Å². The molecule has 3 aromatic rings. The summed E-state index contributed by atoms with van der Waals surface area (Å²) in [6.07, 6.45) is 0. The lowest BCUT2D eigenvalue weighted by Crippen LogP contribution is -2.13. The number of anilines is 1. The fourth-order valence-corrected chi connectivity index (χ4v) is 2.89. The number of carbonyl (C=O) groups excluding carboxylic acids is 2. The van der Waals surface area contributed by atoms with Crippen molar-refractivity contribution in [1.82, 2.24) is 0 Å². The Hall–Kier alpha value is -3.60. The molecule has 5 nitrogen and oxygen atoms in total. The maximum atomic E-state index is 12.2. The van der Waals surface area contributed by atoms with Gasteiger partial charge in [-0.15, -0.1) is 0 Å². The van der Waals surface area contributed by atoms with E-state index in [4.69, 9.17) is 9.47 Å². The van der Waals surface area contributed by atoms with E-state index in [1.54, 1.807) is 12.1 Å². The SMILES string of the molecule is O=C1Nc2cc(OCc3ccccc3)cc(OCc3ccccc3)c2C1=O. The highest BCUT2D eigenvalue weighted by atomic mass is 16.5. The number of rotatable bonds is 6. The van der Waals surface area contributed by atoms with Crippen molar-refractivity contribution in [2.24, 2.45) is 0 Å². The van der Waals surface area contributed by atoms with Gasteiger partial charge in [0.2, 0.25) is 0 Å². The summed E-state index contributed by atoms with van der Waals surface area (Å²) >= 11 is 0. The van der Waals surface area contributed by atoms with Gasteiger partial charge >= 0.3 is 0 Å². The average molecular weight is 359 g/mol. The molecule has 0 saturated heterocycles. The third kappa shape index (κ3) is 3.67. The highest BCUT2D eigenvalue weighted by Gasteiger charge is 2.32. The van der Waals surface area contributed by atoms with E-state index in [1.807, 2.05) is 60.7 Å². The number of carbonyl (C=O) groups is 2. The molecule has 1 heterocycles. The maximum absolute atomic E-state index is 12.2. The van der Waals surface area contributed by atoms with E-state index in [9.17, 15) is 9.59 Å². The zero-order valence-corrected chi connectivity index (χ0v) is 14.5. The molecule has 0 spiro atoms. The number of ether oxygens (including phenoxy) is 2. The highest BCUT2D eigenvalue weighted by molar-refractivity contribution is 6.52. The van der Waals surface area contributed by atoms with Crippen LogP contribution in [-0.4, -0.2) is 11.7 Å². The van der Waals surface area contributed by atoms with Gasteiger partial charge in [0.1, 0.15) is 24.7 Å². The Morgan fingerprint density at radius 2 is 1.33 bits per heavy atom. The van der Waals surface area contributed by atoms with Gasteiger partial charge in [-0.2, -0.15) is 0 Å². The molecule has 4 rings (SSSR count). The summed E-state index contributed by atoms with van der Waals surface area (Å²) in [5.74, 6) is -0.393. The van der Waals surface area contributed by atoms with Gasteiger partial charge in [0.05, 0.1) is 11.3 Å². The van der Waals surface area contributed by atoms with Crippen molar-refractivity contribution >= 4 is 17.4 Å². The fourth-order valence-electron chi connectivity index (χ4n) is 2.89. The summed E-state index contributed by atoms with van der Waals surface area (Å²) in [6.45, 7) is 0.663. The van der Waals surface area contributed by atoms with Crippen LogP contribution in [0.15, 0.2) is 72.8 Å². The lowest BCUT2D eigenvalue weighted by molar-refractivity contribution is -0.112. The first-order valence-corrected chi connectivity index (χ1v) is 8.58. The van der Waals surface area contributed by atoms with Gasteiger partial charge in [-0.05, 0) is 11.1 Å².